The van der Waals surface area contributed by atoms with Crippen molar-refractivity contribution >= 4 is 50.6 Å². The van der Waals surface area contributed by atoms with Crippen LogP contribution >= 0.6 is 11.3 Å². The van der Waals surface area contributed by atoms with Gasteiger partial charge < -0.3 is 35.8 Å². The number of hydrazine groups is 1. The monoisotopic (exact) mass is 699 g/mol. The fourth-order valence-electron chi connectivity index (χ4n) is 6.25. The number of urea groups is 1. The highest BCUT2D eigenvalue weighted by molar-refractivity contribution is 7.22. The van der Waals surface area contributed by atoms with E-state index < -0.39 is 18.3 Å². The number of ether oxygens (including phenoxy) is 1. The first-order valence-electron chi connectivity index (χ1n) is 16.3. The molecule has 2 saturated heterocycles. The van der Waals surface area contributed by atoms with Gasteiger partial charge in [0.05, 0.1) is 23.3 Å². The molecule has 14 nitrogen and oxygen atoms in total. The van der Waals surface area contributed by atoms with Crippen LogP contribution in [0.2, 0.25) is 0 Å². The van der Waals surface area contributed by atoms with Gasteiger partial charge in [-0.25, -0.2) is 14.6 Å². The van der Waals surface area contributed by atoms with E-state index >= 15 is 0 Å². The van der Waals surface area contributed by atoms with Gasteiger partial charge in [0, 0.05) is 39.6 Å². The number of fused-ring (bicyclic) bond motifs is 2. The molecule has 262 valence electrons. The Morgan fingerprint density at radius 2 is 1.74 bits per heavy atom. The number of benzene rings is 3. The van der Waals surface area contributed by atoms with E-state index in [1.807, 2.05) is 67.5 Å². The quantitative estimate of drug-likeness (QED) is 0.214. The Balaban J connectivity index is 1.22. The second-order valence-corrected chi connectivity index (χ2v) is 13.6. The molecule has 2 fully saturated rings. The van der Waals surface area contributed by atoms with Crippen LogP contribution in [-0.4, -0.2) is 113 Å². The van der Waals surface area contributed by atoms with Gasteiger partial charge in [-0.3, -0.25) is 14.6 Å². The zero-order valence-corrected chi connectivity index (χ0v) is 29.1. The molecule has 0 unspecified atom stereocenters. The van der Waals surface area contributed by atoms with Gasteiger partial charge in [0.1, 0.15) is 18.0 Å². The molecule has 50 heavy (non-hydrogen) atoms. The number of rotatable bonds is 11. The highest BCUT2D eigenvalue weighted by Gasteiger charge is 2.51. The predicted octanol–water partition coefficient (Wildman–Crippen LogP) is 2.71. The standard InChI is InChI=1S/C35H41N9O5S/c1-40(2)17-16-37-35(48)49-26-14-12-23(13-15-26)18-27-32(46)42(20-25-10-7-11-28-31(25)39-33(36)50-28)21-29-43(22-30(45)44(27)29)41(3)34(47)38-19-24-8-5-4-6-9-24/h4-15,27,29H,16-22H2,1-3H3,(H2,36,39)(H,37,48)(H,38,47)/t27-,29+/m0/s1. The summed E-state index contributed by atoms with van der Waals surface area (Å²) in [4.78, 5) is 63.3. The summed E-state index contributed by atoms with van der Waals surface area (Å²) in [6.45, 7) is 1.82. The number of para-hydroxylation sites is 1. The number of nitrogen functional groups attached to an aromatic ring is 1. The van der Waals surface area contributed by atoms with Gasteiger partial charge in [0.15, 0.2) is 5.13 Å². The van der Waals surface area contributed by atoms with Crippen LogP contribution < -0.4 is 21.1 Å². The van der Waals surface area contributed by atoms with Crippen molar-refractivity contribution in [3.63, 3.8) is 0 Å². The number of thiazole rings is 1. The lowest BCUT2D eigenvalue weighted by Gasteiger charge is -2.45. The third-order valence-electron chi connectivity index (χ3n) is 8.80. The van der Waals surface area contributed by atoms with Gasteiger partial charge in [0.2, 0.25) is 11.8 Å². The van der Waals surface area contributed by atoms with E-state index in [4.69, 9.17) is 10.5 Å². The Bertz CT molecular complexity index is 1850. The zero-order valence-electron chi connectivity index (χ0n) is 28.2. The molecule has 2 aliphatic heterocycles. The van der Waals surface area contributed by atoms with Crippen LogP contribution in [-0.2, 0) is 29.1 Å². The molecule has 4 N–H and O–H groups in total. The minimum absolute atomic E-state index is 0.0640. The molecule has 2 aliphatic rings. The molecule has 6 rings (SSSR count). The first-order valence-corrected chi connectivity index (χ1v) is 17.1. The number of likely N-dealkylation sites (N-methyl/N-ethyl adjacent to an activating group) is 1. The second-order valence-electron chi connectivity index (χ2n) is 12.6. The first-order chi connectivity index (χ1) is 24.1. The number of nitrogens with one attached hydrogen (secondary N) is 2. The Hall–Kier alpha value is -5.25. The van der Waals surface area contributed by atoms with E-state index in [1.54, 1.807) is 46.1 Å². The molecule has 15 heteroatoms. The average molecular weight is 700 g/mol. The molecule has 4 aromatic rings. The Morgan fingerprint density at radius 3 is 2.48 bits per heavy atom. The summed E-state index contributed by atoms with van der Waals surface area (Å²) in [7, 11) is 5.45. The van der Waals surface area contributed by atoms with Crippen LogP contribution in [0.5, 0.6) is 5.75 Å². The normalized spacial score (nSPS) is 17.7. The molecule has 0 spiro atoms. The van der Waals surface area contributed by atoms with Gasteiger partial charge in [-0.15, -0.1) is 0 Å². The number of carbonyl (C=O) groups is 4. The van der Waals surface area contributed by atoms with Crippen molar-refractivity contribution in [2.45, 2.75) is 31.7 Å². The van der Waals surface area contributed by atoms with E-state index in [-0.39, 0.29) is 43.9 Å². The summed E-state index contributed by atoms with van der Waals surface area (Å²) in [6.07, 6.45) is -0.929. The second kappa shape index (κ2) is 15.1. The highest BCUT2D eigenvalue weighted by atomic mass is 32.1. The average Bonchev–Trinajstić information content (AvgIpc) is 3.65. The lowest BCUT2D eigenvalue weighted by atomic mass is 9.99. The lowest BCUT2D eigenvalue weighted by Crippen LogP contribution is -2.65. The van der Waals surface area contributed by atoms with Gasteiger partial charge in [-0.2, -0.15) is 5.01 Å². The first kappa shape index (κ1) is 34.6. The number of carbonyl (C=O) groups excluding carboxylic acids is 4. The van der Waals surface area contributed by atoms with Crippen LogP contribution in [0.3, 0.4) is 0 Å². The Kier molecular flexibility index (Phi) is 10.5. The van der Waals surface area contributed by atoms with Gasteiger partial charge in [-0.05, 0) is 49.0 Å². The highest BCUT2D eigenvalue weighted by Crippen LogP contribution is 2.32. The molecule has 0 saturated carbocycles. The molecule has 3 heterocycles. The van der Waals surface area contributed by atoms with Crippen molar-refractivity contribution in [3.05, 3.63) is 89.5 Å². The fraction of sp³-hybridized carbons (Fsp3) is 0.343. The number of piperazine rings is 1. The van der Waals surface area contributed by atoms with Crippen LogP contribution in [0.15, 0.2) is 72.8 Å². The summed E-state index contributed by atoms with van der Waals surface area (Å²) in [5, 5.41) is 9.21. The molecule has 0 bridgehead atoms. The van der Waals surface area contributed by atoms with Crippen molar-refractivity contribution in [2.24, 2.45) is 0 Å². The van der Waals surface area contributed by atoms with Crippen molar-refractivity contribution in [3.8, 4) is 5.75 Å². The van der Waals surface area contributed by atoms with E-state index in [1.165, 1.54) is 16.3 Å². The summed E-state index contributed by atoms with van der Waals surface area (Å²) in [5.74, 6) is -0.111. The molecule has 2 atom stereocenters. The number of aromatic nitrogens is 1. The molecule has 5 amide bonds. The van der Waals surface area contributed by atoms with E-state index in [0.717, 1.165) is 26.9 Å². The summed E-state index contributed by atoms with van der Waals surface area (Å²) in [6, 6.07) is 21.0. The summed E-state index contributed by atoms with van der Waals surface area (Å²) in [5.41, 5.74) is 9.32. The molecule has 1 aromatic heterocycles. The van der Waals surface area contributed by atoms with Crippen molar-refractivity contribution in [1.29, 1.82) is 0 Å². The number of nitrogens with zero attached hydrogens (tertiary/aromatic N) is 6. The largest absolute Gasteiger partial charge is 0.412 e. The SMILES string of the molecule is CN(C)CCNC(=O)Oc1ccc(C[C@H]2C(=O)N(Cc3cccc4sc(N)nc34)C[C@H]3N2C(=O)CN3N(C)C(=O)NCc2ccccc2)cc1. The van der Waals surface area contributed by atoms with E-state index in [9.17, 15) is 19.2 Å². The minimum atomic E-state index is -0.840. The van der Waals surface area contributed by atoms with Crippen LogP contribution in [0.4, 0.5) is 14.7 Å². The number of nitrogens with two attached hydrogens (primary N) is 1. The topological polar surface area (TPSA) is 157 Å². The van der Waals surface area contributed by atoms with Crippen molar-refractivity contribution < 1.29 is 23.9 Å². The van der Waals surface area contributed by atoms with Crippen molar-refractivity contribution in [1.82, 2.24) is 40.3 Å². The maximum absolute atomic E-state index is 14.3. The zero-order chi connectivity index (χ0) is 35.4. The molecule has 3 aromatic carbocycles. The van der Waals surface area contributed by atoms with Crippen molar-refractivity contribution in [2.75, 3.05) is 53.1 Å². The lowest BCUT2D eigenvalue weighted by molar-refractivity contribution is -0.157. The van der Waals surface area contributed by atoms with E-state index in [0.29, 0.717) is 30.5 Å². The van der Waals surface area contributed by atoms with Gasteiger partial charge in [-0.1, -0.05) is 65.9 Å². The number of hydrogen-bond acceptors (Lipinski definition) is 10. The number of amides is 5. The molecular formula is C35H41N9O5S. The van der Waals surface area contributed by atoms with Gasteiger partial charge >= 0.3 is 12.1 Å². The smallest absolute Gasteiger partial charge is 0.410 e. The van der Waals surface area contributed by atoms with Gasteiger partial charge in [0.25, 0.3) is 0 Å². The maximum Gasteiger partial charge on any atom is 0.412 e. The predicted molar refractivity (Wildman–Crippen MR) is 190 cm³/mol. The van der Waals surface area contributed by atoms with Crippen LogP contribution in [0, 0.1) is 0 Å². The Morgan fingerprint density at radius 1 is 0.980 bits per heavy atom. The van der Waals surface area contributed by atoms with Crippen LogP contribution in [0.25, 0.3) is 10.2 Å². The number of anilines is 1. The molecular weight excluding hydrogens is 659 g/mol. The maximum atomic E-state index is 14.3. The number of hydrogen-bond donors (Lipinski definition) is 3. The Labute approximate surface area is 294 Å². The fourth-order valence-corrected chi connectivity index (χ4v) is 7.03. The van der Waals surface area contributed by atoms with E-state index in [2.05, 4.69) is 15.6 Å². The third kappa shape index (κ3) is 7.80. The van der Waals surface area contributed by atoms with Crippen LogP contribution in [0.1, 0.15) is 16.7 Å². The minimum Gasteiger partial charge on any atom is -0.410 e. The summed E-state index contributed by atoms with van der Waals surface area (Å²) >= 11 is 1.38. The molecule has 0 radical (unpaired) electrons. The summed E-state index contributed by atoms with van der Waals surface area (Å²) < 4.78 is 6.33. The molecule has 0 aliphatic carbocycles. The third-order valence-corrected chi connectivity index (χ3v) is 9.65.